The first-order valence-electron chi connectivity index (χ1n) is 8.78. The summed E-state index contributed by atoms with van der Waals surface area (Å²) in [5.74, 6) is -0.310. The van der Waals surface area contributed by atoms with Crippen LogP contribution in [0.1, 0.15) is 35.4 Å². The predicted molar refractivity (Wildman–Crippen MR) is 114 cm³/mol. The second-order valence-corrected chi connectivity index (χ2v) is 9.54. The largest absolute Gasteiger partial charge is 0.361 e. The van der Waals surface area contributed by atoms with Crippen molar-refractivity contribution in [2.75, 3.05) is 12.0 Å². The lowest BCUT2D eigenvalue weighted by atomic mass is 9.87. The van der Waals surface area contributed by atoms with Gasteiger partial charge in [-0.1, -0.05) is 35.9 Å². The van der Waals surface area contributed by atoms with Gasteiger partial charge in [0.1, 0.15) is 5.82 Å². The van der Waals surface area contributed by atoms with Gasteiger partial charge in [-0.15, -0.1) is 0 Å². The molecular formula is C20H21ClFNO3S2. The van der Waals surface area contributed by atoms with Crippen molar-refractivity contribution in [2.45, 2.75) is 24.5 Å². The molecule has 0 fully saturated rings. The first-order valence-corrected chi connectivity index (χ1v) is 12.2. The first kappa shape index (κ1) is 21.2. The van der Waals surface area contributed by atoms with E-state index in [0.29, 0.717) is 17.0 Å². The lowest BCUT2D eigenvalue weighted by Crippen LogP contribution is -2.08. The number of benzene rings is 2. The molecular weight excluding hydrogens is 421 g/mol. The number of hydrogen-bond donors (Lipinski definition) is 2. The summed E-state index contributed by atoms with van der Waals surface area (Å²) in [5.41, 5.74) is 3.51. The summed E-state index contributed by atoms with van der Waals surface area (Å²) < 4.78 is 46.0. The van der Waals surface area contributed by atoms with Crippen molar-refractivity contribution in [1.82, 2.24) is 4.98 Å². The van der Waals surface area contributed by atoms with Gasteiger partial charge in [0.15, 0.2) is 0 Å². The highest BCUT2D eigenvalue weighted by molar-refractivity contribution is 7.97. The topological polar surface area (TPSA) is 70.2 Å². The lowest BCUT2D eigenvalue weighted by molar-refractivity contribution is 0.478. The highest BCUT2D eigenvalue weighted by atomic mass is 35.5. The average molecular weight is 442 g/mol. The molecule has 0 radical (unpaired) electrons. The molecule has 0 amide bonds. The zero-order valence-corrected chi connectivity index (χ0v) is 17.7. The van der Waals surface area contributed by atoms with Crippen LogP contribution in [0.3, 0.4) is 0 Å². The fourth-order valence-corrected chi connectivity index (χ4v) is 4.78. The Morgan fingerprint density at radius 1 is 1.25 bits per heavy atom. The van der Waals surface area contributed by atoms with Crippen LogP contribution in [0.15, 0.2) is 42.6 Å². The van der Waals surface area contributed by atoms with Crippen molar-refractivity contribution in [2.24, 2.45) is 0 Å². The van der Waals surface area contributed by atoms with Crippen LogP contribution >= 0.6 is 23.4 Å². The Morgan fingerprint density at radius 3 is 2.71 bits per heavy atom. The average Bonchev–Trinajstić information content (AvgIpc) is 3.04. The Morgan fingerprint density at radius 2 is 2.04 bits per heavy atom. The molecule has 0 saturated heterocycles. The number of hydrogen-bond acceptors (Lipinski definition) is 3. The molecule has 0 aliphatic carbocycles. The number of halogens is 2. The fraction of sp³-hybridized carbons (Fsp3) is 0.300. The first-order chi connectivity index (χ1) is 13.3. The van der Waals surface area contributed by atoms with E-state index >= 15 is 0 Å². The van der Waals surface area contributed by atoms with Gasteiger partial charge in [0.2, 0.25) is 0 Å². The quantitative estimate of drug-likeness (QED) is 0.445. The van der Waals surface area contributed by atoms with Gasteiger partial charge in [-0.3, -0.25) is 4.55 Å². The Hall–Kier alpha value is -1.54. The van der Waals surface area contributed by atoms with Crippen molar-refractivity contribution in [3.63, 3.8) is 0 Å². The van der Waals surface area contributed by atoms with Gasteiger partial charge in [0.25, 0.3) is 10.1 Å². The molecule has 8 heteroatoms. The van der Waals surface area contributed by atoms with Gasteiger partial charge in [0.05, 0.1) is 5.75 Å². The molecule has 0 bridgehead atoms. The van der Waals surface area contributed by atoms with Crippen molar-refractivity contribution in [3.05, 3.63) is 70.1 Å². The van der Waals surface area contributed by atoms with Crippen molar-refractivity contribution in [3.8, 4) is 0 Å². The normalized spacial score (nSPS) is 13.1. The number of H-pyrrole nitrogens is 1. The van der Waals surface area contributed by atoms with E-state index in [1.54, 1.807) is 23.9 Å². The summed E-state index contributed by atoms with van der Waals surface area (Å²) in [5, 5.41) is 1.29. The maximum Gasteiger partial charge on any atom is 0.264 e. The van der Waals surface area contributed by atoms with E-state index in [2.05, 4.69) is 11.1 Å². The molecule has 1 aromatic heterocycles. The molecule has 3 aromatic rings. The number of thioether (sulfide) groups is 1. The Kier molecular flexibility index (Phi) is 6.70. The molecule has 3 rings (SSSR count). The molecule has 1 atom stereocenters. The number of rotatable bonds is 8. The molecule has 0 aliphatic rings. The Bertz CT molecular complexity index is 1080. The van der Waals surface area contributed by atoms with Crippen LogP contribution in [0, 0.1) is 5.82 Å². The van der Waals surface area contributed by atoms with Crippen molar-refractivity contribution in [1.29, 1.82) is 0 Å². The minimum absolute atomic E-state index is 0.211. The third kappa shape index (κ3) is 4.89. The maximum absolute atomic E-state index is 14.7. The molecule has 4 nitrogen and oxygen atoms in total. The monoisotopic (exact) mass is 441 g/mol. The standard InChI is InChI=1S/C20H21ClFNO3S2/c1-27-12-13-4-2-5-17-18(11-23-20(13)17)15(6-3-9-28(24,25)26)16-8-7-14(21)10-19(16)22/h2,4-5,7-8,10-11,15,23H,3,6,9,12H2,1H3,(H,24,25,26). The lowest BCUT2D eigenvalue weighted by Gasteiger charge is -2.18. The van der Waals surface area contributed by atoms with Crippen LogP contribution in [0.5, 0.6) is 0 Å². The zero-order chi connectivity index (χ0) is 20.3. The van der Waals surface area contributed by atoms with E-state index in [0.717, 1.165) is 27.8 Å². The van der Waals surface area contributed by atoms with Gasteiger partial charge in [0, 0.05) is 33.8 Å². The number of aromatic amines is 1. The van der Waals surface area contributed by atoms with Crippen LogP contribution < -0.4 is 0 Å². The summed E-state index contributed by atoms with van der Waals surface area (Å²) in [6.07, 6.45) is 4.48. The summed E-state index contributed by atoms with van der Waals surface area (Å²) in [4.78, 5) is 3.30. The summed E-state index contributed by atoms with van der Waals surface area (Å²) in [7, 11) is -4.07. The fourth-order valence-electron chi connectivity index (χ4n) is 3.54. The van der Waals surface area contributed by atoms with Crippen LogP contribution in [-0.2, 0) is 15.9 Å². The molecule has 1 heterocycles. The molecule has 28 heavy (non-hydrogen) atoms. The number of para-hydroxylation sites is 1. The smallest absolute Gasteiger partial charge is 0.264 e. The van der Waals surface area contributed by atoms with Crippen molar-refractivity contribution >= 4 is 44.4 Å². The second kappa shape index (κ2) is 8.86. The van der Waals surface area contributed by atoms with E-state index in [9.17, 15) is 12.8 Å². The highest BCUT2D eigenvalue weighted by Gasteiger charge is 2.22. The molecule has 0 aliphatic heterocycles. The molecule has 0 spiro atoms. The minimum atomic E-state index is -4.07. The molecule has 1 unspecified atom stereocenters. The highest BCUT2D eigenvalue weighted by Crippen LogP contribution is 2.37. The summed E-state index contributed by atoms with van der Waals surface area (Å²) in [6, 6.07) is 10.5. The van der Waals surface area contributed by atoms with E-state index in [4.69, 9.17) is 16.2 Å². The molecule has 2 aromatic carbocycles. The SMILES string of the molecule is CSCc1cccc2c(C(CCCS(=O)(=O)O)c3ccc(Cl)cc3F)c[nH]c12. The van der Waals surface area contributed by atoms with Gasteiger partial charge < -0.3 is 4.98 Å². The van der Waals surface area contributed by atoms with Crippen molar-refractivity contribution < 1.29 is 17.4 Å². The van der Waals surface area contributed by atoms with Gasteiger partial charge in [-0.05, 0) is 47.9 Å². The Labute approximate surface area is 173 Å². The number of aromatic nitrogens is 1. The molecule has 150 valence electrons. The van der Waals surface area contributed by atoms with Gasteiger partial charge >= 0.3 is 0 Å². The van der Waals surface area contributed by atoms with E-state index in [-0.39, 0.29) is 18.1 Å². The van der Waals surface area contributed by atoms with Crippen LogP contribution in [0.25, 0.3) is 10.9 Å². The molecule has 2 N–H and O–H groups in total. The van der Waals surface area contributed by atoms with Crippen LogP contribution in [-0.4, -0.2) is 30.0 Å². The van der Waals surface area contributed by atoms with E-state index < -0.39 is 15.9 Å². The van der Waals surface area contributed by atoms with E-state index in [1.165, 1.54) is 6.07 Å². The molecule has 0 saturated carbocycles. The summed E-state index contributed by atoms with van der Waals surface area (Å²) >= 11 is 7.62. The van der Waals surface area contributed by atoms with Crippen LogP contribution in [0.4, 0.5) is 4.39 Å². The third-order valence-corrected chi connectivity index (χ3v) is 6.38. The van der Waals surface area contributed by atoms with E-state index in [1.807, 2.05) is 24.6 Å². The van der Waals surface area contributed by atoms with Gasteiger partial charge in [-0.25, -0.2) is 4.39 Å². The maximum atomic E-state index is 14.7. The summed E-state index contributed by atoms with van der Waals surface area (Å²) in [6.45, 7) is 0. The van der Waals surface area contributed by atoms with Crippen LogP contribution in [0.2, 0.25) is 5.02 Å². The third-order valence-electron chi connectivity index (χ3n) is 4.74. The number of nitrogens with one attached hydrogen (secondary N) is 1. The zero-order valence-electron chi connectivity index (χ0n) is 15.3. The second-order valence-electron chi connectivity index (χ2n) is 6.66. The predicted octanol–water partition coefficient (Wildman–Crippen LogP) is 5.62. The number of fused-ring (bicyclic) bond motifs is 1. The minimum Gasteiger partial charge on any atom is -0.361 e. The Balaban J connectivity index is 2.06. The van der Waals surface area contributed by atoms with Gasteiger partial charge in [-0.2, -0.15) is 20.2 Å².